The van der Waals surface area contributed by atoms with E-state index >= 15 is 0 Å². The van der Waals surface area contributed by atoms with E-state index in [-0.39, 0.29) is 11.3 Å². The van der Waals surface area contributed by atoms with E-state index in [4.69, 9.17) is 0 Å². The number of fused-ring (bicyclic) bond motifs is 1. The van der Waals surface area contributed by atoms with Crippen LogP contribution in [0.3, 0.4) is 0 Å². The normalized spacial score (nSPS) is 17.9. The lowest BCUT2D eigenvalue weighted by Crippen LogP contribution is -2.39. The third-order valence-corrected chi connectivity index (χ3v) is 4.88. The highest BCUT2D eigenvalue weighted by molar-refractivity contribution is 5.92. The van der Waals surface area contributed by atoms with Crippen molar-refractivity contribution in [2.75, 3.05) is 6.54 Å². The lowest BCUT2D eigenvalue weighted by atomic mass is 9.92. The number of hydrogen-bond acceptors (Lipinski definition) is 4. The van der Waals surface area contributed by atoms with Crippen LogP contribution in [0.5, 0.6) is 0 Å². The summed E-state index contributed by atoms with van der Waals surface area (Å²) < 4.78 is 3.89. The van der Waals surface area contributed by atoms with Gasteiger partial charge < -0.3 is 9.47 Å². The summed E-state index contributed by atoms with van der Waals surface area (Å²) in [7, 11) is 1.83. The van der Waals surface area contributed by atoms with Crippen molar-refractivity contribution >= 4 is 5.91 Å². The van der Waals surface area contributed by atoms with Crippen molar-refractivity contribution in [1.29, 1.82) is 0 Å². The van der Waals surface area contributed by atoms with Gasteiger partial charge in [-0.3, -0.25) is 9.48 Å². The van der Waals surface area contributed by atoms with Gasteiger partial charge in [0.25, 0.3) is 5.91 Å². The monoisotopic (exact) mass is 328 g/mol. The first kappa shape index (κ1) is 15.4. The predicted octanol–water partition coefficient (Wildman–Crippen LogP) is 1.84. The first-order chi connectivity index (χ1) is 11.3. The Bertz CT molecular complexity index is 793. The molecule has 0 aromatic carbocycles. The molecule has 1 amide bonds. The van der Waals surface area contributed by atoms with Gasteiger partial charge in [-0.05, 0) is 18.9 Å². The Hall–Kier alpha value is -2.18. The molecule has 1 fully saturated rings. The molecule has 2 aliphatic rings. The van der Waals surface area contributed by atoms with Gasteiger partial charge in [-0.25, -0.2) is 0 Å². The Morgan fingerprint density at radius 1 is 1.21 bits per heavy atom. The van der Waals surface area contributed by atoms with Gasteiger partial charge in [0.1, 0.15) is 11.5 Å². The Morgan fingerprint density at radius 3 is 2.58 bits per heavy atom. The molecular weight excluding hydrogens is 304 g/mol. The van der Waals surface area contributed by atoms with Crippen LogP contribution < -0.4 is 0 Å². The van der Waals surface area contributed by atoms with Crippen LogP contribution in [0, 0.1) is 0 Å². The standard InChI is InChI=1S/C17H24N6O/c1-17(2,3)13-9-12(21(4)20-13)16(24)22-7-8-23-14(10-22)18-19-15(23)11-5-6-11/h9,11H,5-8,10H2,1-4H3. The van der Waals surface area contributed by atoms with Gasteiger partial charge in [-0.2, -0.15) is 5.10 Å². The summed E-state index contributed by atoms with van der Waals surface area (Å²) in [6, 6.07) is 1.91. The van der Waals surface area contributed by atoms with Crippen molar-refractivity contribution in [3.8, 4) is 0 Å². The molecule has 0 unspecified atom stereocenters. The largest absolute Gasteiger partial charge is 0.328 e. The summed E-state index contributed by atoms with van der Waals surface area (Å²) in [5.74, 6) is 2.60. The van der Waals surface area contributed by atoms with Gasteiger partial charge in [-0.1, -0.05) is 20.8 Å². The van der Waals surface area contributed by atoms with Gasteiger partial charge >= 0.3 is 0 Å². The topological polar surface area (TPSA) is 68.8 Å². The maximum Gasteiger partial charge on any atom is 0.272 e. The van der Waals surface area contributed by atoms with Crippen molar-refractivity contribution in [3.63, 3.8) is 0 Å². The number of hydrogen-bond donors (Lipinski definition) is 0. The van der Waals surface area contributed by atoms with Gasteiger partial charge in [0.05, 0.1) is 12.2 Å². The van der Waals surface area contributed by atoms with Crippen molar-refractivity contribution in [1.82, 2.24) is 29.4 Å². The molecule has 0 spiro atoms. The van der Waals surface area contributed by atoms with Crippen molar-refractivity contribution < 1.29 is 4.79 Å². The summed E-state index contributed by atoms with van der Waals surface area (Å²) in [5.41, 5.74) is 1.50. The zero-order valence-electron chi connectivity index (χ0n) is 14.8. The molecule has 4 rings (SSSR count). The molecule has 2 aromatic rings. The van der Waals surface area contributed by atoms with Crippen molar-refractivity contribution in [2.45, 2.75) is 58.0 Å². The Morgan fingerprint density at radius 2 is 1.96 bits per heavy atom. The van der Waals surface area contributed by atoms with E-state index in [1.165, 1.54) is 12.8 Å². The van der Waals surface area contributed by atoms with Gasteiger partial charge in [-0.15, -0.1) is 10.2 Å². The fourth-order valence-electron chi connectivity index (χ4n) is 3.19. The SMILES string of the molecule is Cn1nc(C(C)(C)C)cc1C(=O)N1CCn2c(nnc2C2CC2)C1. The summed E-state index contributed by atoms with van der Waals surface area (Å²) in [5, 5.41) is 13.2. The zero-order valence-corrected chi connectivity index (χ0v) is 14.8. The highest BCUT2D eigenvalue weighted by Gasteiger charge is 2.33. The van der Waals surface area contributed by atoms with E-state index in [0.29, 0.717) is 24.7 Å². The van der Waals surface area contributed by atoms with Crippen LogP contribution in [0.2, 0.25) is 0 Å². The number of rotatable bonds is 2. The molecular formula is C17H24N6O. The molecule has 0 radical (unpaired) electrons. The molecule has 0 N–H and O–H groups in total. The summed E-state index contributed by atoms with van der Waals surface area (Å²) >= 11 is 0. The number of aromatic nitrogens is 5. The van der Waals surface area contributed by atoms with E-state index in [2.05, 4.69) is 40.6 Å². The average Bonchev–Trinajstić information content (AvgIpc) is 3.15. The van der Waals surface area contributed by atoms with Crippen LogP contribution in [0.25, 0.3) is 0 Å². The van der Waals surface area contributed by atoms with E-state index in [1.807, 2.05) is 18.0 Å². The molecule has 7 nitrogen and oxygen atoms in total. The molecule has 0 atom stereocenters. The third kappa shape index (κ3) is 2.52. The van der Waals surface area contributed by atoms with Gasteiger partial charge in [0.15, 0.2) is 5.82 Å². The molecule has 24 heavy (non-hydrogen) atoms. The van der Waals surface area contributed by atoms with Crippen LogP contribution in [-0.2, 0) is 25.6 Å². The van der Waals surface area contributed by atoms with E-state index in [1.54, 1.807) is 4.68 Å². The second-order valence-corrected chi connectivity index (χ2v) is 7.92. The molecule has 2 aromatic heterocycles. The highest BCUT2D eigenvalue weighted by Crippen LogP contribution is 2.39. The molecule has 0 saturated heterocycles. The molecule has 7 heteroatoms. The number of carbonyl (C=O) groups excluding carboxylic acids is 1. The molecule has 1 aliphatic heterocycles. The number of amides is 1. The van der Waals surface area contributed by atoms with E-state index in [0.717, 1.165) is 23.9 Å². The van der Waals surface area contributed by atoms with Gasteiger partial charge in [0.2, 0.25) is 0 Å². The minimum atomic E-state index is -0.0719. The van der Waals surface area contributed by atoms with Crippen LogP contribution in [0.1, 0.15) is 67.4 Å². The lowest BCUT2D eigenvalue weighted by molar-refractivity contribution is 0.0695. The number of aryl methyl sites for hydroxylation is 1. The Balaban J connectivity index is 1.56. The first-order valence-corrected chi connectivity index (χ1v) is 8.60. The third-order valence-electron chi connectivity index (χ3n) is 4.88. The maximum atomic E-state index is 12.9. The van der Waals surface area contributed by atoms with E-state index in [9.17, 15) is 4.79 Å². The Kier molecular flexibility index (Phi) is 3.30. The minimum Gasteiger partial charge on any atom is -0.328 e. The fraction of sp³-hybridized carbons (Fsp3) is 0.647. The quantitative estimate of drug-likeness (QED) is 0.843. The number of nitrogens with zero attached hydrogens (tertiary/aromatic N) is 6. The second-order valence-electron chi connectivity index (χ2n) is 7.92. The van der Waals surface area contributed by atoms with Crippen LogP contribution in [0.4, 0.5) is 0 Å². The second kappa shape index (κ2) is 5.16. The predicted molar refractivity (Wildman–Crippen MR) is 88.6 cm³/mol. The summed E-state index contributed by atoms with van der Waals surface area (Å²) in [4.78, 5) is 14.8. The molecule has 1 aliphatic carbocycles. The molecule has 128 valence electrons. The zero-order chi connectivity index (χ0) is 17.1. The van der Waals surface area contributed by atoms with Crippen LogP contribution in [-0.4, -0.2) is 41.9 Å². The minimum absolute atomic E-state index is 0.0164. The fourth-order valence-corrected chi connectivity index (χ4v) is 3.19. The van der Waals surface area contributed by atoms with Crippen molar-refractivity contribution in [3.05, 3.63) is 29.1 Å². The Labute approximate surface area is 141 Å². The molecule has 1 saturated carbocycles. The average molecular weight is 328 g/mol. The smallest absolute Gasteiger partial charge is 0.272 e. The van der Waals surface area contributed by atoms with E-state index < -0.39 is 0 Å². The van der Waals surface area contributed by atoms with Gasteiger partial charge in [0, 0.05) is 31.5 Å². The molecule has 0 bridgehead atoms. The summed E-state index contributed by atoms with van der Waals surface area (Å²) in [6.45, 7) is 8.31. The molecule has 3 heterocycles. The summed E-state index contributed by atoms with van der Waals surface area (Å²) in [6.07, 6.45) is 2.43. The number of carbonyl (C=O) groups is 1. The lowest BCUT2D eigenvalue weighted by Gasteiger charge is -2.27. The first-order valence-electron chi connectivity index (χ1n) is 8.60. The van der Waals surface area contributed by atoms with Crippen LogP contribution >= 0.6 is 0 Å². The van der Waals surface area contributed by atoms with Crippen molar-refractivity contribution in [2.24, 2.45) is 7.05 Å². The van der Waals surface area contributed by atoms with Crippen LogP contribution in [0.15, 0.2) is 6.07 Å². The highest BCUT2D eigenvalue weighted by atomic mass is 16.2. The maximum absolute atomic E-state index is 12.9.